The Bertz CT molecular complexity index is 584. The fourth-order valence-corrected chi connectivity index (χ4v) is 3.05. The molecule has 1 amide bonds. The lowest BCUT2D eigenvalue weighted by molar-refractivity contribution is -0.142. The molecule has 0 spiro atoms. The lowest BCUT2D eigenvalue weighted by atomic mass is 9.76. The fraction of sp³-hybridized carbons (Fsp3) is 0.533. The van der Waals surface area contributed by atoms with Crippen molar-refractivity contribution in [3.63, 3.8) is 0 Å². The number of rotatable bonds is 3. The summed E-state index contributed by atoms with van der Waals surface area (Å²) in [6.45, 7) is 6.27. The molecule has 1 atom stereocenters. The SMILES string of the molecule is Cc1cc(C(N)=O)cc(N2CCCC(C)(C)C2C(=O)O)n1. The van der Waals surface area contributed by atoms with Crippen molar-refractivity contribution in [3.05, 3.63) is 23.4 Å². The minimum absolute atomic E-state index is 0.352. The highest BCUT2D eigenvalue weighted by atomic mass is 16.4. The number of nitrogens with two attached hydrogens (primary N) is 1. The van der Waals surface area contributed by atoms with Gasteiger partial charge in [-0.05, 0) is 37.3 Å². The minimum Gasteiger partial charge on any atom is -0.480 e. The van der Waals surface area contributed by atoms with E-state index in [-0.39, 0.29) is 5.41 Å². The Hall–Kier alpha value is -2.11. The summed E-state index contributed by atoms with van der Waals surface area (Å²) in [5, 5.41) is 9.59. The van der Waals surface area contributed by atoms with E-state index in [9.17, 15) is 14.7 Å². The van der Waals surface area contributed by atoms with Crippen LogP contribution in [0.25, 0.3) is 0 Å². The lowest BCUT2D eigenvalue weighted by Gasteiger charge is -2.44. The van der Waals surface area contributed by atoms with Gasteiger partial charge in [-0.3, -0.25) is 4.79 Å². The number of carbonyl (C=O) groups excluding carboxylic acids is 1. The highest BCUT2D eigenvalue weighted by Crippen LogP contribution is 2.37. The van der Waals surface area contributed by atoms with Crippen LogP contribution in [-0.2, 0) is 4.79 Å². The van der Waals surface area contributed by atoms with Crippen molar-refractivity contribution < 1.29 is 14.7 Å². The molecule has 6 nitrogen and oxygen atoms in total. The van der Waals surface area contributed by atoms with E-state index in [4.69, 9.17) is 5.73 Å². The van der Waals surface area contributed by atoms with Crippen LogP contribution < -0.4 is 10.6 Å². The second kappa shape index (κ2) is 5.35. The number of carboxylic acid groups (broad SMARTS) is 1. The Morgan fingerprint density at radius 2 is 2.10 bits per heavy atom. The molecule has 1 fully saturated rings. The number of amides is 1. The predicted octanol–water partition coefficient (Wildman–Crippen LogP) is 1.57. The van der Waals surface area contributed by atoms with Crippen LogP contribution >= 0.6 is 0 Å². The maximum absolute atomic E-state index is 11.7. The van der Waals surface area contributed by atoms with Crippen LogP contribution in [0.15, 0.2) is 12.1 Å². The van der Waals surface area contributed by atoms with Crippen molar-refractivity contribution in [2.75, 3.05) is 11.4 Å². The molecule has 1 aromatic heterocycles. The molecule has 114 valence electrons. The normalized spacial score (nSPS) is 21.1. The van der Waals surface area contributed by atoms with Gasteiger partial charge in [-0.25, -0.2) is 9.78 Å². The van der Waals surface area contributed by atoms with E-state index in [1.54, 1.807) is 24.0 Å². The minimum atomic E-state index is -0.872. The zero-order chi connectivity index (χ0) is 15.8. The van der Waals surface area contributed by atoms with E-state index in [1.807, 2.05) is 13.8 Å². The molecule has 1 aromatic rings. The monoisotopic (exact) mass is 291 g/mol. The number of primary amides is 1. The number of hydrogen-bond acceptors (Lipinski definition) is 4. The number of carboxylic acids is 1. The molecule has 3 N–H and O–H groups in total. The number of anilines is 1. The molecule has 6 heteroatoms. The van der Waals surface area contributed by atoms with Crippen LogP contribution in [0.3, 0.4) is 0 Å². The summed E-state index contributed by atoms with van der Waals surface area (Å²) in [5.74, 6) is -0.905. The molecule has 1 unspecified atom stereocenters. The fourth-order valence-electron chi connectivity index (χ4n) is 3.05. The standard InChI is InChI=1S/C15H21N3O3/c1-9-7-10(13(16)19)8-11(17-9)18-6-4-5-15(2,3)12(18)14(20)21/h7-8,12H,4-6H2,1-3H3,(H2,16,19)(H,20,21). The van der Waals surface area contributed by atoms with E-state index in [0.717, 1.165) is 12.8 Å². The highest BCUT2D eigenvalue weighted by molar-refractivity contribution is 5.93. The molecule has 2 rings (SSSR count). The molecular formula is C15H21N3O3. The summed E-state index contributed by atoms with van der Waals surface area (Å²) in [6.07, 6.45) is 1.73. The Balaban J connectivity index is 2.48. The maximum Gasteiger partial charge on any atom is 0.326 e. The first-order valence-corrected chi connectivity index (χ1v) is 7.00. The smallest absolute Gasteiger partial charge is 0.326 e. The van der Waals surface area contributed by atoms with Gasteiger partial charge in [-0.15, -0.1) is 0 Å². The van der Waals surface area contributed by atoms with Gasteiger partial charge in [0.15, 0.2) is 0 Å². The summed E-state index contributed by atoms with van der Waals surface area (Å²) >= 11 is 0. The number of hydrogen-bond donors (Lipinski definition) is 2. The summed E-state index contributed by atoms with van der Waals surface area (Å²) in [4.78, 5) is 29.2. The second-order valence-corrected chi connectivity index (χ2v) is 6.25. The number of aromatic nitrogens is 1. The van der Waals surface area contributed by atoms with E-state index in [1.165, 1.54) is 0 Å². The lowest BCUT2D eigenvalue weighted by Crippen LogP contribution is -2.54. The van der Waals surface area contributed by atoms with E-state index >= 15 is 0 Å². The van der Waals surface area contributed by atoms with Crippen molar-refractivity contribution in [1.29, 1.82) is 0 Å². The first-order chi connectivity index (χ1) is 9.72. The summed E-state index contributed by atoms with van der Waals surface area (Å²) in [5.41, 5.74) is 5.97. The van der Waals surface area contributed by atoms with Gasteiger partial charge in [-0.1, -0.05) is 13.8 Å². The number of pyridine rings is 1. The Morgan fingerprint density at radius 3 is 2.67 bits per heavy atom. The Labute approximate surface area is 124 Å². The van der Waals surface area contributed by atoms with Crippen molar-refractivity contribution in [3.8, 4) is 0 Å². The number of aliphatic carboxylic acids is 1. The number of piperidine rings is 1. The van der Waals surface area contributed by atoms with Gasteiger partial charge in [0.1, 0.15) is 11.9 Å². The Kier molecular flexibility index (Phi) is 3.89. The third kappa shape index (κ3) is 2.99. The van der Waals surface area contributed by atoms with Gasteiger partial charge in [0.2, 0.25) is 5.91 Å². The van der Waals surface area contributed by atoms with Crippen molar-refractivity contribution in [2.24, 2.45) is 11.1 Å². The second-order valence-electron chi connectivity index (χ2n) is 6.25. The quantitative estimate of drug-likeness (QED) is 0.881. The molecule has 0 radical (unpaired) electrons. The molecule has 0 saturated carbocycles. The van der Waals surface area contributed by atoms with Crippen LogP contribution in [-0.4, -0.2) is 34.6 Å². The molecule has 21 heavy (non-hydrogen) atoms. The number of carbonyl (C=O) groups is 2. The van der Waals surface area contributed by atoms with Crippen LogP contribution in [0.2, 0.25) is 0 Å². The van der Waals surface area contributed by atoms with Gasteiger partial charge < -0.3 is 15.7 Å². The molecule has 1 aliphatic heterocycles. The van der Waals surface area contributed by atoms with Crippen LogP contribution in [0.4, 0.5) is 5.82 Å². The van der Waals surface area contributed by atoms with Crippen molar-refractivity contribution >= 4 is 17.7 Å². The average molecular weight is 291 g/mol. The molecular weight excluding hydrogens is 270 g/mol. The topological polar surface area (TPSA) is 96.5 Å². The largest absolute Gasteiger partial charge is 0.480 e. The summed E-state index contributed by atoms with van der Waals surface area (Å²) in [7, 11) is 0. The van der Waals surface area contributed by atoms with E-state index in [2.05, 4.69) is 4.98 Å². The van der Waals surface area contributed by atoms with Crippen molar-refractivity contribution in [2.45, 2.75) is 39.7 Å². The molecule has 1 saturated heterocycles. The third-order valence-electron chi connectivity index (χ3n) is 4.02. The van der Waals surface area contributed by atoms with E-state index < -0.39 is 17.9 Å². The molecule has 2 heterocycles. The zero-order valence-electron chi connectivity index (χ0n) is 12.6. The molecule has 0 bridgehead atoms. The first kappa shape index (κ1) is 15.3. The van der Waals surface area contributed by atoms with Crippen LogP contribution in [0.5, 0.6) is 0 Å². The maximum atomic E-state index is 11.7. The van der Waals surface area contributed by atoms with Crippen LogP contribution in [0, 0.1) is 12.3 Å². The Morgan fingerprint density at radius 1 is 1.43 bits per heavy atom. The van der Waals surface area contributed by atoms with Crippen LogP contribution in [0.1, 0.15) is 42.7 Å². The zero-order valence-corrected chi connectivity index (χ0v) is 12.6. The number of nitrogens with zero attached hydrogens (tertiary/aromatic N) is 2. The number of aryl methyl sites for hydroxylation is 1. The molecule has 0 aromatic carbocycles. The third-order valence-corrected chi connectivity index (χ3v) is 4.02. The van der Waals surface area contributed by atoms with Gasteiger partial charge in [-0.2, -0.15) is 0 Å². The average Bonchev–Trinajstić information content (AvgIpc) is 2.35. The van der Waals surface area contributed by atoms with E-state index in [0.29, 0.717) is 23.6 Å². The van der Waals surface area contributed by atoms with Gasteiger partial charge in [0.05, 0.1) is 0 Å². The molecule has 0 aliphatic carbocycles. The van der Waals surface area contributed by atoms with Gasteiger partial charge in [0, 0.05) is 17.8 Å². The predicted molar refractivity (Wildman–Crippen MR) is 79.3 cm³/mol. The highest BCUT2D eigenvalue weighted by Gasteiger charge is 2.43. The van der Waals surface area contributed by atoms with Gasteiger partial charge in [0.25, 0.3) is 0 Å². The summed E-state index contributed by atoms with van der Waals surface area (Å²) < 4.78 is 0. The summed E-state index contributed by atoms with van der Waals surface area (Å²) in [6, 6.07) is 2.52. The molecule has 1 aliphatic rings. The van der Waals surface area contributed by atoms with Crippen molar-refractivity contribution in [1.82, 2.24) is 4.98 Å². The first-order valence-electron chi connectivity index (χ1n) is 7.00. The van der Waals surface area contributed by atoms with Gasteiger partial charge >= 0.3 is 5.97 Å².